The van der Waals surface area contributed by atoms with Gasteiger partial charge in [-0.25, -0.2) is 0 Å². The molecule has 4 nitrogen and oxygen atoms in total. The maximum Gasteiger partial charge on any atom is 0.186 e. The highest BCUT2D eigenvalue weighted by atomic mass is 16.6. The van der Waals surface area contributed by atoms with Gasteiger partial charge in [-0.15, -0.1) is 0 Å². The van der Waals surface area contributed by atoms with E-state index < -0.39 is 0 Å². The van der Waals surface area contributed by atoms with Crippen molar-refractivity contribution in [2.75, 3.05) is 13.3 Å². The normalized spacial score (nSPS) is 19.4. The van der Waals surface area contributed by atoms with Crippen LogP contribution in [0.15, 0.2) is 36.4 Å². The van der Waals surface area contributed by atoms with Gasteiger partial charge in [0.25, 0.3) is 0 Å². The van der Waals surface area contributed by atoms with Crippen molar-refractivity contribution in [1.82, 2.24) is 9.88 Å². The molecular weight excluding hydrogens is 312 g/mol. The second kappa shape index (κ2) is 5.61. The minimum atomic E-state index is -0.273. The minimum Gasteiger partial charge on any atom is -0.467 e. The molecule has 0 aliphatic carbocycles. The zero-order valence-corrected chi connectivity index (χ0v) is 14.4. The van der Waals surface area contributed by atoms with Gasteiger partial charge in [0.15, 0.2) is 6.79 Å². The number of aromatic nitrogens is 1. The van der Waals surface area contributed by atoms with E-state index in [0.717, 1.165) is 37.2 Å². The molecule has 0 amide bonds. The first kappa shape index (κ1) is 15.0. The topological polar surface area (TPSA) is 48.5 Å². The van der Waals surface area contributed by atoms with E-state index in [2.05, 4.69) is 46.3 Å². The van der Waals surface area contributed by atoms with Crippen LogP contribution in [0.4, 0.5) is 0 Å². The summed E-state index contributed by atoms with van der Waals surface area (Å²) in [6.07, 6.45) is 2.12. The van der Waals surface area contributed by atoms with Crippen LogP contribution in [0.25, 0.3) is 10.9 Å². The number of benzene rings is 2. The number of fused-ring (bicyclic) bond motifs is 6. The Bertz CT molecular complexity index is 960. The van der Waals surface area contributed by atoms with Gasteiger partial charge in [-0.1, -0.05) is 24.3 Å². The lowest BCUT2D eigenvalue weighted by Crippen LogP contribution is -2.39. The Morgan fingerprint density at radius 2 is 2.12 bits per heavy atom. The highest BCUT2D eigenvalue weighted by Gasteiger charge is 2.34. The Morgan fingerprint density at radius 3 is 3.00 bits per heavy atom. The number of nitrogens with zero attached hydrogens (tertiary/aromatic N) is 1. The SMILES string of the molecule is Cc1cc2c(cc1OCO)CN1CCc3c([nH]c4ccccc34)[C@@H]1C2. The summed E-state index contributed by atoms with van der Waals surface area (Å²) in [4.78, 5) is 6.26. The summed E-state index contributed by atoms with van der Waals surface area (Å²) in [6, 6.07) is 13.4. The number of para-hydroxylation sites is 1. The average Bonchev–Trinajstić information content (AvgIpc) is 3.00. The summed E-state index contributed by atoms with van der Waals surface area (Å²) in [7, 11) is 0. The molecule has 0 fully saturated rings. The van der Waals surface area contributed by atoms with Crippen LogP contribution < -0.4 is 4.74 Å². The quantitative estimate of drug-likeness (QED) is 0.706. The molecule has 0 bridgehead atoms. The molecule has 1 atom stereocenters. The fraction of sp³-hybridized carbons (Fsp3) is 0.333. The van der Waals surface area contributed by atoms with E-state index in [1.54, 1.807) is 0 Å². The Hall–Kier alpha value is -2.30. The molecule has 3 aromatic rings. The van der Waals surface area contributed by atoms with Crippen LogP contribution in [0.3, 0.4) is 0 Å². The van der Waals surface area contributed by atoms with Crippen LogP contribution in [-0.4, -0.2) is 28.3 Å². The molecule has 0 unspecified atom stereocenters. The Balaban J connectivity index is 1.57. The molecule has 1 aromatic heterocycles. The molecule has 4 heteroatoms. The third-order valence-electron chi connectivity index (χ3n) is 5.77. The van der Waals surface area contributed by atoms with E-state index >= 15 is 0 Å². The van der Waals surface area contributed by atoms with Crippen molar-refractivity contribution < 1.29 is 9.84 Å². The number of aliphatic hydroxyl groups excluding tert-OH is 1. The van der Waals surface area contributed by atoms with Gasteiger partial charge in [0.2, 0.25) is 0 Å². The van der Waals surface area contributed by atoms with Crippen LogP contribution in [0.1, 0.15) is 34.0 Å². The van der Waals surface area contributed by atoms with E-state index in [4.69, 9.17) is 9.84 Å². The lowest BCUT2D eigenvalue weighted by molar-refractivity contribution is 0.0972. The summed E-state index contributed by atoms with van der Waals surface area (Å²) in [5.41, 5.74) is 7.96. The molecule has 0 spiro atoms. The smallest absolute Gasteiger partial charge is 0.186 e. The highest BCUT2D eigenvalue weighted by Crippen LogP contribution is 2.41. The molecule has 25 heavy (non-hydrogen) atoms. The fourth-order valence-corrected chi connectivity index (χ4v) is 4.57. The van der Waals surface area contributed by atoms with E-state index in [-0.39, 0.29) is 6.79 Å². The van der Waals surface area contributed by atoms with E-state index in [1.807, 2.05) is 6.92 Å². The first-order chi connectivity index (χ1) is 12.2. The van der Waals surface area contributed by atoms with E-state index in [1.165, 1.54) is 33.3 Å². The predicted octanol–water partition coefficient (Wildman–Crippen LogP) is 3.46. The van der Waals surface area contributed by atoms with Gasteiger partial charge in [-0.3, -0.25) is 4.90 Å². The maximum absolute atomic E-state index is 9.08. The van der Waals surface area contributed by atoms with Gasteiger partial charge in [0.1, 0.15) is 5.75 Å². The number of hydrogen-bond donors (Lipinski definition) is 2. The van der Waals surface area contributed by atoms with Gasteiger partial charge >= 0.3 is 0 Å². The van der Waals surface area contributed by atoms with Crippen LogP contribution in [0.2, 0.25) is 0 Å². The van der Waals surface area contributed by atoms with Crippen molar-refractivity contribution in [3.05, 3.63) is 64.3 Å². The van der Waals surface area contributed by atoms with Crippen LogP contribution >= 0.6 is 0 Å². The Morgan fingerprint density at radius 1 is 1.24 bits per heavy atom. The minimum absolute atomic E-state index is 0.273. The molecule has 2 aliphatic rings. The molecule has 0 saturated heterocycles. The van der Waals surface area contributed by atoms with Gasteiger partial charge in [-0.2, -0.15) is 0 Å². The molecule has 128 valence electrons. The number of ether oxygens (including phenoxy) is 1. The molecule has 2 aliphatic heterocycles. The highest BCUT2D eigenvalue weighted by molar-refractivity contribution is 5.85. The summed E-state index contributed by atoms with van der Waals surface area (Å²) < 4.78 is 5.37. The molecule has 3 heterocycles. The predicted molar refractivity (Wildman–Crippen MR) is 97.8 cm³/mol. The number of aryl methyl sites for hydroxylation is 1. The van der Waals surface area contributed by atoms with Crippen LogP contribution in [0.5, 0.6) is 5.75 Å². The second-order valence-corrected chi connectivity index (χ2v) is 7.16. The van der Waals surface area contributed by atoms with Gasteiger partial charge in [0.05, 0.1) is 6.04 Å². The molecule has 2 N–H and O–H groups in total. The summed E-state index contributed by atoms with van der Waals surface area (Å²) in [5, 5.41) is 10.5. The second-order valence-electron chi connectivity index (χ2n) is 7.16. The lowest BCUT2D eigenvalue weighted by atomic mass is 9.86. The van der Waals surface area contributed by atoms with Gasteiger partial charge in [0, 0.05) is 29.7 Å². The first-order valence-corrected chi connectivity index (χ1v) is 8.94. The third kappa shape index (κ3) is 2.29. The van der Waals surface area contributed by atoms with Gasteiger partial charge < -0.3 is 14.8 Å². The van der Waals surface area contributed by atoms with Crippen molar-refractivity contribution in [3.8, 4) is 5.75 Å². The summed E-state index contributed by atoms with van der Waals surface area (Å²) >= 11 is 0. The van der Waals surface area contributed by atoms with E-state index in [0.29, 0.717) is 6.04 Å². The van der Waals surface area contributed by atoms with Gasteiger partial charge in [-0.05, 0) is 54.2 Å². The standard InChI is InChI=1S/C21H22N2O2/c1-13-8-14-9-19-21-17(16-4-2-3-5-18(16)22-21)6-7-23(19)11-15(14)10-20(13)25-12-24/h2-5,8,10,19,22,24H,6-7,9,11-12H2,1H3/t19-/m0/s1. The molecule has 2 aromatic carbocycles. The number of rotatable bonds is 2. The Labute approximate surface area is 147 Å². The largest absolute Gasteiger partial charge is 0.467 e. The summed E-state index contributed by atoms with van der Waals surface area (Å²) in [5.74, 6) is 0.794. The van der Waals surface area contributed by atoms with Crippen molar-refractivity contribution in [3.63, 3.8) is 0 Å². The zero-order chi connectivity index (χ0) is 17.0. The maximum atomic E-state index is 9.08. The number of nitrogens with one attached hydrogen (secondary N) is 1. The van der Waals surface area contributed by atoms with Crippen LogP contribution in [0, 0.1) is 6.92 Å². The number of aliphatic hydroxyl groups is 1. The first-order valence-electron chi connectivity index (χ1n) is 8.94. The number of hydrogen-bond acceptors (Lipinski definition) is 3. The van der Waals surface area contributed by atoms with Crippen molar-refractivity contribution in [1.29, 1.82) is 0 Å². The Kier molecular flexibility index (Phi) is 3.37. The molecule has 0 radical (unpaired) electrons. The molecule has 0 saturated carbocycles. The third-order valence-corrected chi connectivity index (χ3v) is 5.77. The van der Waals surface area contributed by atoms with Crippen molar-refractivity contribution >= 4 is 10.9 Å². The fourth-order valence-electron chi connectivity index (χ4n) is 4.57. The summed E-state index contributed by atoms with van der Waals surface area (Å²) in [6.45, 7) is 3.80. The number of H-pyrrole nitrogens is 1. The van der Waals surface area contributed by atoms with Crippen LogP contribution in [-0.2, 0) is 19.4 Å². The molecule has 5 rings (SSSR count). The average molecular weight is 334 g/mol. The van der Waals surface area contributed by atoms with Crippen molar-refractivity contribution in [2.24, 2.45) is 0 Å². The monoisotopic (exact) mass is 334 g/mol. The number of aromatic amines is 1. The molecular formula is C21H22N2O2. The lowest BCUT2D eigenvalue weighted by Gasteiger charge is -2.40. The zero-order valence-electron chi connectivity index (χ0n) is 14.4. The van der Waals surface area contributed by atoms with E-state index in [9.17, 15) is 0 Å². The van der Waals surface area contributed by atoms with Crippen molar-refractivity contribution in [2.45, 2.75) is 32.4 Å².